The summed E-state index contributed by atoms with van der Waals surface area (Å²) in [6.07, 6.45) is 0.931. The number of anilines is 2. The van der Waals surface area contributed by atoms with Crippen LogP contribution in [0.1, 0.15) is 11.8 Å². The predicted molar refractivity (Wildman–Crippen MR) is 108 cm³/mol. The minimum atomic E-state index is -0.271. The molecule has 0 unspecified atom stereocenters. The van der Waals surface area contributed by atoms with Gasteiger partial charge < -0.3 is 5.32 Å². The van der Waals surface area contributed by atoms with E-state index in [4.69, 9.17) is 4.98 Å². The van der Waals surface area contributed by atoms with Crippen molar-refractivity contribution < 1.29 is 4.39 Å². The van der Waals surface area contributed by atoms with Gasteiger partial charge >= 0.3 is 0 Å². The summed E-state index contributed by atoms with van der Waals surface area (Å²) in [5.41, 5.74) is 3.68. The van der Waals surface area contributed by atoms with Gasteiger partial charge in [0.15, 0.2) is 5.13 Å². The van der Waals surface area contributed by atoms with Crippen LogP contribution in [0.4, 0.5) is 15.2 Å². The summed E-state index contributed by atoms with van der Waals surface area (Å²) in [5, 5.41) is 6.76. The molecule has 4 aromatic rings. The van der Waals surface area contributed by atoms with Gasteiger partial charge in [-0.05, 0) is 24.6 Å². The van der Waals surface area contributed by atoms with Crippen LogP contribution in [-0.4, -0.2) is 9.97 Å². The van der Waals surface area contributed by atoms with Crippen molar-refractivity contribution in [1.29, 1.82) is 0 Å². The van der Waals surface area contributed by atoms with Gasteiger partial charge in [-0.2, -0.15) is 0 Å². The van der Waals surface area contributed by atoms with Gasteiger partial charge in [0.05, 0.1) is 5.69 Å². The van der Waals surface area contributed by atoms with Gasteiger partial charge in [0.25, 0.3) is 0 Å². The van der Waals surface area contributed by atoms with Crippen molar-refractivity contribution in [3.05, 3.63) is 70.7 Å². The third-order valence-corrected chi connectivity index (χ3v) is 5.84. The van der Waals surface area contributed by atoms with E-state index in [0.717, 1.165) is 33.5 Å². The fraction of sp³-hybridized carbons (Fsp3) is 0.100. The second kappa shape index (κ2) is 7.35. The van der Waals surface area contributed by atoms with Crippen LogP contribution >= 0.6 is 22.7 Å². The molecule has 1 N–H and O–H groups in total. The Bertz CT molecular complexity index is 1020. The highest BCUT2D eigenvalue weighted by Crippen LogP contribution is 2.35. The van der Waals surface area contributed by atoms with Crippen LogP contribution in [0.25, 0.3) is 22.0 Å². The van der Waals surface area contributed by atoms with Gasteiger partial charge in [-0.3, -0.25) is 0 Å². The molecule has 2 aromatic carbocycles. The number of nitrogens with one attached hydrogen (secondary N) is 1. The van der Waals surface area contributed by atoms with E-state index in [1.165, 1.54) is 28.3 Å². The van der Waals surface area contributed by atoms with Crippen molar-refractivity contribution in [2.24, 2.45) is 0 Å². The largest absolute Gasteiger partial charge is 0.331 e. The number of hydrogen-bond acceptors (Lipinski definition) is 5. The van der Waals surface area contributed by atoms with Crippen LogP contribution in [0.15, 0.2) is 60.0 Å². The van der Waals surface area contributed by atoms with Crippen molar-refractivity contribution in [3.63, 3.8) is 0 Å². The first-order valence-corrected chi connectivity index (χ1v) is 9.96. The highest BCUT2D eigenvalue weighted by atomic mass is 32.1. The monoisotopic (exact) mass is 381 g/mol. The average Bonchev–Trinajstić information content (AvgIpc) is 3.29. The second-order valence-corrected chi connectivity index (χ2v) is 7.63. The Hall–Kier alpha value is -2.57. The van der Waals surface area contributed by atoms with Gasteiger partial charge in [-0.15, -0.1) is 22.7 Å². The van der Waals surface area contributed by atoms with Crippen molar-refractivity contribution in [3.8, 4) is 22.0 Å². The normalized spacial score (nSPS) is 10.8. The molecule has 0 amide bonds. The molecule has 2 aromatic heterocycles. The van der Waals surface area contributed by atoms with Gasteiger partial charge in [0, 0.05) is 21.5 Å². The van der Waals surface area contributed by atoms with Crippen molar-refractivity contribution in [1.82, 2.24) is 9.97 Å². The third kappa shape index (κ3) is 3.52. The number of aryl methyl sites for hydroxylation is 1. The maximum absolute atomic E-state index is 13.3. The summed E-state index contributed by atoms with van der Waals surface area (Å²) >= 11 is 3.16. The number of hydrogen-bond donors (Lipinski definition) is 1. The van der Waals surface area contributed by atoms with Crippen LogP contribution in [0, 0.1) is 5.82 Å². The number of aromatic nitrogens is 2. The lowest BCUT2D eigenvalue weighted by atomic mass is 10.1. The van der Waals surface area contributed by atoms with E-state index in [-0.39, 0.29) is 5.82 Å². The summed E-state index contributed by atoms with van der Waals surface area (Å²) in [4.78, 5) is 10.7. The molecule has 0 aliphatic carbocycles. The number of halogens is 1. The molecule has 0 aliphatic rings. The van der Waals surface area contributed by atoms with Crippen LogP contribution in [0.5, 0.6) is 0 Å². The zero-order valence-corrected chi connectivity index (χ0v) is 15.7. The van der Waals surface area contributed by atoms with Crippen LogP contribution in [0.2, 0.25) is 0 Å². The van der Waals surface area contributed by atoms with Gasteiger partial charge in [0.2, 0.25) is 0 Å². The third-order valence-electron chi connectivity index (χ3n) is 3.86. The lowest BCUT2D eigenvalue weighted by molar-refractivity contribution is 0.628. The van der Waals surface area contributed by atoms with E-state index in [2.05, 4.69) is 29.4 Å². The van der Waals surface area contributed by atoms with Crippen LogP contribution in [-0.2, 0) is 6.42 Å². The summed E-state index contributed by atoms with van der Waals surface area (Å²) in [7, 11) is 0. The van der Waals surface area contributed by atoms with E-state index in [9.17, 15) is 4.39 Å². The molecule has 130 valence electrons. The first kappa shape index (κ1) is 16.9. The zero-order valence-electron chi connectivity index (χ0n) is 14.1. The lowest BCUT2D eigenvalue weighted by Gasteiger charge is -2.01. The molecule has 0 saturated heterocycles. The summed E-state index contributed by atoms with van der Waals surface area (Å²) in [5.74, 6) is -0.271. The van der Waals surface area contributed by atoms with E-state index in [1.807, 2.05) is 29.6 Å². The Morgan fingerprint density at radius 3 is 2.65 bits per heavy atom. The molecule has 3 nitrogen and oxygen atoms in total. The van der Waals surface area contributed by atoms with E-state index in [0.29, 0.717) is 5.69 Å². The number of rotatable bonds is 5. The van der Waals surface area contributed by atoms with Gasteiger partial charge in [-0.1, -0.05) is 43.3 Å². The van der Waals surface area contributed by atoms with Crippen molar-refractivity contribution >= 4 is 33.5 Å². The number of nitrogens with zero attached hydrogens (tertiary/aromatic N) is 2. The van der Waals surface area contributed by atoms with E-state index in [1.54, 1.807) is 17.4 Å². The highest BCUT2D eigenvalue weighted by molar-refractivity contribution is 7.17. The maximum atomic E-state index is 13.3. The number of benzene rings is 2. The summed E-state index contributed by atoms with van der Waals surface area (Å²) in [6.45, 7) is 2.14. The van der Waals surface area contributed by atoms with E-state index < -0.39 is 0 Å². The molecule has 2 heterocycles. The van der Waals surface area contributed by atoms with Crippen LogP contribution in [0.3, 0.4) is 0 Å². The van der Waals surface area contributed by atoms with Gasteiger partial charge in [0.1, 0.15) is 16.5 Å². The SMILES string of the molecule is CCc1sc(-c2csc(Nc3cccc(F)c3)n2)nc1-c1ccccc1. The molecule has 0 atom stereocenters. The standard InChI is InChI=1S/C20H16FN3S2/c1-2-17-18(13-7-4-3-5-8-13)24-19(26-17)16-12-25-20(23-16)22-15-10-6-9-14(21)11-15/h3-12H,2H2,1H3,(H,22,23). The molecule has 0 aliphatic heterocycles. The Kier molecular flexibility index (Phi) is 4.77. The molecule has 0 radical (unpaired) electrons. The molecule has 0 fully saturated rings. The first-order valence-electron chi connectivity index (χ1n) is 8.26. The quantitative estimate of drug-likeness (QED) is 0.436. The fourth-order valence-electron chi connectivity index (χ4n) is 2.64. The highest BCUT2D eigenvalue weighted by Gasteiger charge is 2.15. The molecule has 6 heteroatoms. The molecule has 0 saturated carbocycles. The maximum Gasteiger partial charge on any atom is 0.187 e. The van der Waals surface area contributed by atoms with Crippen molar-refractivity contribution in [2.45, 2.75) is 13.3 Å². The molecular weight excluding hydrogens is 365 g/mol. The smallest absolute Gasteiger partial charge is 0.187 e. The summed E-state index contributed by atoms with van der Waals surface area (Å²) in [6, 6.07) is 16.6. The molecule has 0 bridgehead atoms. The molecule has 0 spiro atoms. The molecule has 26 heavy (non-hydrogen) atoms. The second-order valence-electron chi connectivity index (χ2n) is 5.68. The minimum absolute atomic E-state index is 0.271. The van der Waals surface area contributed by atoms with Crippen LogP contribution < -0.4 is 5.32 Å². The molecule has 4 rings (SSSR count). The zero-order chi connectivity index (χ0) is 17.9. The fourth-order valence-corrected chi connectivity index (χ4v) is 4.42. The molecular formula is C20H16FN3S2. The Labute approximate surface area is 159 Å². The summed E-state index contributed by atoms with van der Waals surface area (Å²) < 4.78 is 13.3. The minimum Gasteiger partial charge on any atom is -0.331 e. The van der Waals surface area contributed by atoms with Crippen molar-refractivity contribution in [2.75, 3.05) is 5.32 Å². The predicted octanol–water partition coefficient (Wildman–Crippen LogP) is 6.38. The Morgan fingerprint density at radius 2 is 1.88 bits per heavy atom. The average molecular weight is 382 g/mol. The first-order chi connectivity index (χ1) is 12.7. The Morgan fingerprint density at radius 1 is 1.04 bits per heavy atom. The lowest BCUT2D eigenvalue weighted by Crippen LogP contribution is -1.90. The topological polar surface area (TPSA) is 37.8 Å². The van der Waals surface area contributed by atoms with E-state index >= 15 is 0 Å². The number of thiazole rings is 2. The Balaban J connectivity index is 1.62. The van der Waals surface area contributed by atoms with Gasteiger partial charge in [-0.25, -0.2) is 14.4 Å².